The monoisotopic (exact) mass is 520 g/mol. The number of methoxy groups -OCH3 is 1. The highest BCUT2D eigenvalue weighted by molar-refractivity contribution is 6.30. The molecule has 1 saturated heterocycles. The third-order valence-corrected chi connectivity index (χ3v) is 7.42. The van der Waals surface area contributed by atoms with Gasteiger partial charge in [-0.1, -0.05) is 41.2 Å². The van der Waals surface area contributed by atoms with Crippen LogP contribution in [0, 0.1) is 5.82 Å². The summed E-state index contributed by atoms with van der Waals surface area (Å²) < 4.78 is 32.8. The molecular weight excluding hydrogens is 491 g/mol. The van der Waals surface area contributed by atoms with Crippen LogP contribution in [0.15, 0.2) is 35.0 Å². The van der Waals surface area contributed by atoms with Gasteiger partial charge in [0.2, 0.25) is 0 Å². The molecule has 1 aliphatic carbocycles. The van der Waals surface area contributed by atoms with Crippen LogP contribution in [0.2, 0.25) is 5.02 Å². The highest BCUT2D eigenvalue weighted by atomic mass is 35.5. The standard InChI is InChI=1S/C25H30ClFN4O5/c1-34-25-21(11-18-10-20(36-29-18)14-5-3-2-4-6-14)35-22(13-32)24(33)23(25)31-12-19(28-30-31)15-7-16(26)9-17(27)8-15/h7-10,12,14,21-25,32-33H,2-6,11,13H2,1H3/t21-,22-,23+,24+,25+/m1/s1. The Morgan fingerprint density at radius 2 is 1.97 bits per heavy atom. The molecule has 5 rings (SSSR count). The number of rotatable bonds is 7. The van der Waals surface area contributed by atoms with E-state index in [1.165, 1.54) is 43.2 Å². The molecular formula is C25H30ClFN4O5. The van der Waals surface area contributed by atoms with Crippen molar-refractivity contribution in [3.63, 3.8) is 0 Å². The molecule has 36 heavy (non-hydrogen) atoms. The van der Waals surface area contributed by atoms with Gasteiger partial charge in [0.25, 0.3) is 0 Å². The van der Waals surface area contributed by atoms with E-state index < -0.39 is 42.9 Å². The fourth-order valence-electron chi connectivity index (χ4n) is 5.40. The number of aliphatic hydroxyl groups excluding tert-OH is 2. The van der Waals surface area contributed by atoms with Gasteiger partial charge in [0.05, 0.1) is 24.6 Å². The summed E-state index contributed by atoms with van der Waals surface area (Å²) in [6.45, 7) is -0.391. The number of hydrogen-bond donors (Lipinski definition) is 2. The Morgan fingerprint density at radius 1 is 1.17 bits per heavy atom. The molecule has 3 aromatic rings. The zero-order valence-electron chi connectivity index (χ0n) is 20.0. The number of aromatic nitrogens is 4. The molecule has 5 atom stereocenters. The maximum atomic E-state index is 13.9. The van der Waals surface area contributed by atoms with Gasteiger partial charge in [-0.2, -0.15) is 0 Å². The molecule has 0 unspecified atom stereocenters. The summed E-state index contributed by atoms with van der Waals surface area (Å²) in [4.78, 5) is 0. The minimum atomic E-state index is -1.13. The van der Waals surface area contributed by atoms with Crippen LogP contribution in [-0.4, -0.2) is 68.5 Å². The van der Waals surface area contributed by atoms with Crippen LogP contribution in [0.3, 0.4) is 0 Å². The molecule has 0 bridgehead atoms. The van der Waals surface area contributed by atoms with Gasteiger partial charge >= 0.3 is 0 Å². The van der Waals surface area contributed by atoms with Crippen molar-refractivity contribution in [1.82, 2.24) is 20.2 Å². The molecule has 2 aliphatic rings. The first-order valence-electron chi connectivity index (χ1n) is 12.3. The molecule has 0 radical (unpaired) electrons. The first-order valence-corrected chi connectivity index (χ1v) is 12.7. The van der Waals surface area contributed by atoms with E-state index in [1.54, 1.807) is 12.3 Å². The van der Waals surface area contributed by atoms with E-state index >= 15 is 0 Å². The molecule has 1 aliphatic heterocycles. The van der Waals surface area contributed by atoms with Gasteiger partial charge in [0, 0.05) is 36.1 Å². The van der Waals surface area contributed by atoms with Crippen LogP contribution in [0.5, 0.6) is 0 Å². The minimum Gasteiger partial charge on any atom is -0.394 e. The Balaban J connectivity index is 1.39. The zero-order valence-corrected chi connectivity index (χ0v) is 20.7. The van der Waals surface area contributed by atoms with Gasteiger partial charge in [-0.15, -0.1) is 5.10 Å². The predicted molar refractivity (Wildman–Crippen MR) is 128 cm³/mol. The Labute approximate surface area is 213 Å². The van der Waals surface area contributed by atoms with E-state index in [1.807, 2.05) is 6.07 Å². The highest BCUT2D eigenvalue weighted by Crippen LogP contribution is 2.36. The number of nitrogens with zero attached hydrogens (tertiary/aromatic N) is 4. The summed E-state index contributed by atoms with van der Waals surface area (Å²) in [7, 11) is 1.53. The number of ether oxygens (including phenoxy) is 2. The molecule has 1 aromatic carbocycles. The lowest BCUT2D eigenvalue weighted by Crippen LogP contribution is -2.57. The minimum absolute atomic E-state index is 0.237. The lowest BCUT2D eigenvalue weighted by atomic mass is 9.87. The summed E-state index contributed by atoms with van der Waals surface area (Å²) in [6, 6.07) is 5.35. The number of benzene rings is 1. The van der Waals surface area contributed by atoms with Crippen LogP contribution >= 0.6 is 11.6 Å². The van der Waals surface area contributed by atoms with Crippen molar-refractivity contribution < 1.29 is 28.6 Å². The van der Waals surface area contributed by atoms with Gasteiger partial charge in [-0.25, -0.2) is 9.07 Å². The maximum absolute atomic E-state index is 13.9. The summed E-state index contributed by atoms with van der Waals surface area (Å²) in [6.07, 6.45) is 4.63. The molecule has 1 saturated carbocycles. The van der Waals surface area contributed by atoms with Crippen molar-refractivity contribution in [2.24, 2.45) is 0 Å². The van der Waals surface area contributed by atoms with E-state index in [4.69, 9.17) is 25.6 Å². The molecule has 0 amide bonds. The van der Waals surface area contributed by atoms with E-state index in [0.29, 0.717) is 23.6 Å². The third kappa shape index (κ3) is 5.19. The van der Waals surface area contributed by atoms with E-state index in [-0.39, 0.29) is 5.02 Å². The van der Waals surface area contributed by atoms with Gasteiger partial charge < -0.3 is 24.2 Å². The fraction of sp³-hybridized carbons (Fsp3) is 0.560. The lowest BCUT2D eigenvalue weighted by molar-refractivity contribution is -0.212. The Bertz CT molecular complexity index is 1150. The van der Waals surface area contributed by atoms with Crippen LogP contribution in [0.4, 0.5) is 4.39 Å². The van der Waals surface area contributed by atoms with Gasteiger partial charge in [-0.3, -0.25) is 0 Å². The summed E-state index contributed by atoms with van der Waals surface area (Å²) >= 11 is 6.00. The molecule has 2 aromatic heterocycles. The Hall–Kier alpha value is -2.37. The average molecular weight is 521 g/mol. The Morgan fingerprint density at radius 3 is 2.69 bits per heavy atom. The fourth-order valence-corrected chi connectivity index (χ4v) is 5.62. The molecule has 3 heterocycles. The van der Waals surface area contributed by atoms with E-state index in [2.05, 4.69) is 15.5 Å². The molecule has 194 valence electrons. The topological polar surface area (TPSA) is 116 Å². The third-order valence-electron chi connectivity index (χ3n) is 7.20. The van der Waals surface area contributed by atoms with E-state index in [9.17, 15) is 14.6 Å². The van der Waals surface area contributed by atoms with Crippen LogP contribution in [0.25, 0.3) is 11.3 Å². The summed E-state index contributed by atoms with van der Waals surface area (Å²) in [5, 5.41) is 33.8. The molecule has 11 heteroatoms. The van der Waals surface area contributed by atoms with Crippen molar-refractivity contribution >= 4 is 11.6 Å². The van der Waals surface area contributed by atoms with Crippen molar-refractivity contribution in [2.45, 2.75) is 74.9 Å². The number of hydrogen-bond acceptors (Lipinski definition) is 8. The molecule has 2 fully saturated rings. The van der Waals surface area contributed by atoms with Crippen molar-refractivity contribution in [3.8, 4) is 11.3 Å². The SMILES string of the molecule is CO[C@@H]1[C@@H](n2cc(-c3cc(F)cc(Cl)c3)nn2)[C@@H](O)[C@@H](CO)O[C@@H]1Cc1cc(C2CCCCC2)on1. The largest absolute Gasteiger partial charge is 0.394 e. The maximum Gasteiger partial charge on any atom is 0.140 e. The molecule has 0 spiro atoms. The number of halogens is 2. The predicted octanol–water partition coefficient (Wildman–Crippen LogP) is 3.69. The number of aliphatic hydroxyl groups is 2. The molecule has 2 N–H and O–H groups in total. The van der Waals surface area contributed by atoms with Crippen molar-refractivity contribution in [2.75, 3.05) is 13.7 Å². The lowest BCUT2D eigenvalue weighted by Gasteiger charge is -2.43. The summed E-state index contributed by atoms with van der Waals surface area (Å²) in [5.41, 5.74) is 1.56. The van der Waals surface area contributed by atoms with Gasteiger partial charge in [-0.05, 0) is 31.0 Å². The van der Waals surface area contributed by atoms with Crippen molar-refractivity contribution in [3.05, 3.63) is 52.8 Å². The average Bonchev–Trinajstić information content (AvgIpc) is 3.55. The molecule has 9 nitrogen and oxygen atoms in total. The Kier molecular flexibility index (Phi) is 7.68. The van der Waals surface area contributed by atoms with Gasteiger partial charge in [0.1, 0.15) is 41.6 Å². The second kappa shape index (κ2) is 10.9. The smallest absolute Gasteiger partial charge is 0.140 e. The van der Waals surface area contributed by atoms with Crippen LogP contribution in [0.1, 0.15) is 55.5 Å². The quantitative estimate of drug-likeness (QED) is 0.484. The first kappa shape index (κ1) is 25.3. The second-order valence-corrected chi connectivity index (χ2v) is 10.0. The van der Waals surface area contributed by atoms with Crippen LogP contribution < -0.4 is 0 Å². The summed E-state index contributed by atoms with van der Waals surface area (Å²) in [5.74, 6) is 0.781. The van der Waals surface area contributed by atoms with Gasteiger partial charge in [0.15, 0.2) is 0 Å². The normalized spacial score (nSPS) is 27.4. The van der Waals surface area contributed by atoms with Crippen LogP contribution in [-0.2, 0) is 15.9 Å². The highest BCUT2D eigenvalue weighted by Gasteiger charge is 2.47. The van der Waals surface area contributed by atoms with Crippen molar-refractivity contribution in [1.29, 1.82) is 0 Å². The first-order chi connectivity index (χ1) is 17.5. The zero-order chi connectivity index (χ0) is 25.2. The second-order valence-electron chi connectivity index (χ2n) is 9.58. The van der Waals surface area contributed by atoms with E-state index in [0.717, 1.165) is 24.3 Å².